The highest BCUT2D eigenvalue weighted by Gasteiger charge is 2.16. The molecule has 106 valence electrons. The van der Waals surface area contributed by atoms with Crippen LogP contribution in [-0.4, -0.2) is 19.5 Å². The van der Waals surface area contributed by atoms with E-state index in [0.717, 1.165) is 6.07 Å². The molecule has 0 atom stereocenters. The SMILES string of the molecule is NS(=O)(=O)c1ccc(SCc2ccco2)c(C(=O)O)c1. The number of benzene rings is 1. The van der Waals surface area contributed by atoms with E-state index in [1.54, 1.807) is 12.1 Å². The molecule has 0 saturated carbocycles. The second-order valence-electron chi connectivity index (χ2n) is 3.88. The molecule has 0 unspecified atom stereocenters. The Morgan fingerprint density at radius 3 is 2.65 bits per heavy atom. The molecule has 0 aliphatic heterocycles. The zero-order valence-corrected chi connectivity index (χ0v) is 11.8. The summed E-state index contributed by atoms with van der Waals surface area (Å²) in [5.41, 5.74) is -0.104. The number of carboxylic acids is 1. The van der Waals surface area contributed by atoms with E-state index in [-0.39, 0.29) is 10.5 Å². The summed E-state index contributed by atoms with van der Waals surface area (Å²) in [6, 6.07) is 7.27. The first-order chi connectivity index (χ1) is 9.38. The monoisotopic (exact) mass is 313 g/mol. The van der Waals surface area contributed by atoms with Crippen LogP contribution in [0.1, 0.15) is 16.1 Å². The number of thioether (sulfide) groups is 1. The molecule has 0 spiro atoms. The van der Waals surface area contributed by atoms with E-state index in [2.05, 4.69) is 0 Å². The Morgan fingerprint density at radius 2 is 2.10 bits per heavy atom. The molecule has 0 aliphatic carbocycles. The first kappa shape index (κ1) is 14.6. The van der Waals surface area contributed by atoms with Crippen molar-refractivity contribution in [1.82, 2.24) is 0 Å². The van der Waals surface area contributed by atoms with Gasteiger partial charge in [-0.1, -0.05) is 0 Å². The summed E-state index contributed by atoms with van der Waals surface area (Å²) in [4.78, 5) is 11.4. The van der Waals surface area contributed by atoms with Crippen LogP contribution in [0.3, 0.4) is 0 Å². The lowest BCUT2D eigenvalue weighted by molar-refractivity contribution is 0.0693. The lowest BCUT2D eigenvalue weighted by Crippen LogP contribution is -2.13. The van der Waals surface area contributed by atoms with Crippen molar-refractivity contribution >= 4 is 27.8 Å². The Balaban J connectivity index is 2.31. The molecule has 3 N–H and O–H groups in total. The fourth-order valence-electron chi connectivity index (χ4n) is 1.52. The maximum Gasteiger partial charge on any atom is 0.336 e. The molecule has 2 aromatic rings. The first-order valence-corrected chi connectivity index (χ1v) is 7.96. The van der Waals surface area contributed by atoms with Crippen LogP contribution < -0.4 is 5.14 Å². The van der Waals surface area contributed by atoms with E-state index in [9.17, 15) is 13.2 Å². The van der Waals surface area contributed by atoms with Crippen molar-refractivity contribution in [1.29, 1.82) is 0 Å². The molecule has 0 saturated heterocycles. The molecule has 0 amide bonds. The fourth-order valence-corrected chi connectivity index (χ4v) is 2.99. The second kappa shape index (κ2) is 5.70. The number of sulfonamides is 1. The standard InChI is InChI=1S/C12H11NO5S2/c13-20(16,17)9-3-4-11(10(6-9)12(14)15)19-7-8-2-1-5-18-8/h1-6H,7H2,(H,14,15)(H2,13,16,17). The lowest BCUT2D eigenvalue weighted by Gasteiger charge is -2.07. The van der Waals surface area contributed by atoms with Gasteiger partial charge in [0.05, 0.1) is 22.5 Å². The summed E-state index contributed by atoms with van der Waals surface area (Å²) in [6.07, 6.45) is 1.53. The number of aromatic carboxylic acids is 1. The van der Waals surface area contributed by atoms with Crippen LogP contribution in [0.15, 0.2) is 50.8 Å². The molecule has 20 heavy (non-hydrogen) atoms. The molecule has 1 aromatic heterocycles. The van der Waals surface area contributed by atoms with Gasteiger partial charge in [-0.3, -0.25) is 0 Å². The van der Waals surface area contributed by atoms with Gasteiger partial charge in [-0.2, -0.15) is 0 Å². The number of nitrogens with two attached hydrogens (primary N) is 1. The number of carbonyl (C=O) groups is 1. The molecule has 2 rings (SSSR count). The van der Waals surface area contributed by atoms with Crippen molar-refractivity contribution in [3.63, 3.8) is 0 Å². The predicted molar refractivity (Wildman–Crippen MR) is 73.0 cm³/mol. The Labute approximate surface area is 119 Å². The van der Waals surface area contributed by atoms with Gasteiger partial charge in [0.15, 0.2) is 0 Å². The van der Waals surface area contributed by atoms with Gasteiger partial charge in [-0.25, -0.2) is 18.4 Å². The van der Waals surface area contributed by atoms with Crippen molar-refractivity contribution in [2.75, 3.05) is 0 Å². The van der Waals surface area contributed by atoms with Crippen LogP contribution in [-0.2, 0) is 15.8 Å². The first-order valence-electron chi connectivity index (χ1n) is 5.43. The third kappa shape index (κ3) is 3.41. The number of carboxylic acid groups (broad SMARTS) is 1. The third-order valence-electron chi connectivity index (χ3n) is 2.46. The minimum absolute atomic E-state index is 0.104. The average Bonchev–Trinajstić information content (AvgIpc) is 2.88. The minimum atomic E-state index is -3.92. The highest BCUT2D eigenvalue weighted by Crippen LogP contribution is 2.28. The molecular weight excluding hydrogens is 302 g/mol. The smallest absolute Gasteiger partial charge is 0.336 e. The summed E-state index contributed by atoms with van der Waals surface area (Å²) in [6.45, 7) is 0. The minimum Gasteiger partial charge on any atom is -0.478 e. The van der Waals surface area contributed by atoms with Gasteiger partial charge in [0, 0.05) is 4.90 Å². The van der Waals surface area contributed by atoms with Crippen LogP contribution in [0.25, 0.3) is 0 Å². The van der Waals surface area contributed by atoms with Crippen molar-refractivity contribution in [3.8, 4) is 0 Å². The molecule has 6 nitrogen and oxygen atoms in total. The maximum absolute atomic E-state index is 11.2. The summed E-state index contributed by atoms with van der Waals surface area (Å²) in [5, 5.41) is 14.1. The van der Waals surface area contributed by atoms with Gasteiger partial charge in [0.1, 0.15) is 5.76 Å². The Morgan fingerprint density at radius 1 is 1.35 bits per heavy atom. The summed E-state index contributed by atoms with van der Waals surface area (Å²) in [7, 11) is -3.92. The second-order valence-corrected chi connectivity index (χ2v) is 6.45. The van der Waals surface area contributed by atoms with Crippen LogP contribution >= 0.6 is 11.8 Å². The van der Waals surface area contributed by atoms with Crippen molar-refractivity contribution in [2.24, 2.45) is 5.14 Å². The van der Waals surface area contributed by atoms with Crippen LogP contribution in [0.4, 0.5) is 0 Å². The van der Waals surface area contributed by atoms with E-state index in [1.807, 2.05) is 0 Å². The topological polar surface area (TPSA) is 111 Å². The van der Waals surface area contributed by atoms with E-state index in [1.165, 1.54) is 30.2 Å². The molecule has 0 aliphatic rings. The maximum atomic E-state index is 11.2. The number of furan rings is 1. The molecule has 8 heteroatoms. The highest BCUT2D eigenvalue weighted by atomic mass is 32.2. The Hall–Kier alpha value is -1.77. The number of hydrogen-bond donors (Lipinski definition) is 2. The van der Waals surface area contributed by atoms with Crippen molar-refractivity contribution < 1.29 is 22.7 Å². The zero-order chi connectivity index (χ0) is 14.8. The highest BCUT2D eigenvalue weighted by molar-refractivity contribution is 7.98. The van der Waals surface area contributed by atoms with Gasteiger partial charge < -0.3 is 9.52 Å². The number of hydrogen-bond acceptors (Lipinski definition) is 5. The van der Waals surface area contributed by atoms with Gasteiger partial charge in [0.2, 0.25) is 10.0 Å². The Kier molecular flexibility index (Phi) is 4.17. The van der Waals surface area contributed by atoms with Crippen LogP contribution in [0.5, 0.6) is 0 Å². The van der Waals surface area contributed by atoms with E-state index < -0.39 is 16.0 Å². The van der Waals surface area contributed by atoms with E-state index in [4.69, 9.17) is 14.7 Å². The van der Waals surface area contributed by atoms with Crippen LogP contribution in [0, 0.1) is 0 Å². The number of rotatable bonds is 5. The summed E-state index contributed by atoms with van der Waals surface area (Å²) < 4.78 is 27.6. The lowest BCUT2D eigenvalue weighted by atomic mass is 10.2. The molecule has 0 radical (unpaired) electrons. The average molecular weight is 313 g/mol. The molecule has 1 aromatic carbocycles. The van der Waals surface area contributed by atoms with Gasteiger partial charge in [0.25, 0.3) is 0 Å². The zero-order valence-electron chi connectivity index (χ0n) is 10.1. The van der Waals surface area contributed by atoms with Gasteiger partial charge >= 0.3 is 5.97 Å². The van der Waals surface area contributed by atoms with Crippen LogP contribution in [0.2, 0.25) is 0 Å². The quantitative estimate of drug-likeness (QED) is 0.816. The molecule has 0 bridgehead atoms. The molecule has 1 heterocycles. The largest absolute Gasteiger partial charge is 0.478 e. The summed E-state index contributed by atoms with van der Waals surface area (Å²) >= 11 is 1.24. The number of primary sulfonamides is 1. The third-order valence-corrected chi connectivity index (χ3v) is 4.47. The van der Waals surface area contributed by atoms with Gasteiger partial charge in [-0.05, 0) is 30.3 Å². The van der Waals surface area contributed by atoms with Gasteiger partial charge in [-0.15, -0.1) is 11.8 Å². The summed E-state index contributed by atoms with van der Waals surface area (Å²) in [5.74, 6) is -0.0681. The van der Waals surface area contributed by atoms with E-state index in [0.29, 0.717) is 16.4 Å². The predicted octanol–water partition coefficient (Wildman–Crippen LogP) is 1.92. The van der Waals surface area contributed by atoms with Crippen molar-refractivity contribution in [2.45, 2.75) is 15.5 Å². The molecular formula is C12H11NO5S2. The van der Waals surface area contributed by atoms with Crippen molar-refractivity contribution in [3.05, 3.63) is 47.9 Å². The molecule has 0 fully saturated rings. The fraction of sp³-hybridized carbons (Fsp3) is 0.0833. The Bertz CT molecular complexity index is 722. The van der Waals surface area contributed by atoms with E-state index >= 15 is 0 Å². The normalized spacial score (nSPS) is 11.4.